The van der Waals surface area contributed by atoms with Crippen molar-refractivity contribution >= 4 is 24.7 Å². The van der Waals surface area contributed by atoms with Crippen LogP contribution in [0.4, 0.5) is 5.95 Å². The van der Waals surface area contributed by atoms with E-state index in [4.69, 9.17) is 15.0 Å². The maximum Gasteiger partial charge on any atom is 0.359 e. The van der Waals surface area contributed by atoms with Gasteiger partial charge in [0.05, 0.1) is 11.7 Å². The first-order chi connectivity index (χ1) is 15.2. The molecule has 0 spiro atoms. The Hall–Kier alpha value is -2.06. The zero-order valence-electron chi connectivity index (χ0n) is 18.7. The molecule has 0 aliphatic carbocycles. The molecule has 1 saturated heterocycles. The number of aromatic nitrogens is 4. The lowest BCUT2D eigenvalue weighted by atomic mass is 9.97. The van der Waals surface area contributed by atoms with Gasteiger partial charge in [0.25, 0.3) is 5.56 Å². The van der Waals surface area contributed by atoms with Gasteiger partial charge in [-0.2, -0.15) is 4.98 Å². The first-order valence-electron chi connectivity index (χ1n) is 10.4. The van der Waals surface area contributed by atoms with Gasteiger partial charge in [-0.25, -0.2) is 9.36 Å². The molecule has 5 atom stereocenters. The number of anilines is 1. The zero-order valence-corrected chi connectivity index (χ0v) is 19.6. The maximum absolute atomic E-state index is 12.8. The third kappa shape index (κ3) is 4.52. The zero-order chi connectivity index (χ0) is 24.9. The standard InChI is InChI=1S/C18H30N5O9P/c1-5-18(28,6-2)33(29,30)32-17(3,4)7-8-10(24)11(25)14(31-8)23-12-9(20-16(23)27)13(26)22-15(19)21-12/h8,10-11,14,24-25,28H,5-7H2,1-4H3,(H,20,27)(H,29,30)(H3,19,21,22,26)/t8?,10-,11-,14-/m1/s1. The summed E-state index contributed by atoms with van der Waals surface area (Å²) >= 11 is 0. The molecule has 186 valence electrons. The van der Waals surface area contributed by atoms with Gasteiger partial charge in [-0.3, -0.25) is 19.3 Å². The largest absolute Gasteiger partial charge is 0.388 e. The van der Waals surface area contributed by atoms with Crippen LogP contribution in [0.2, 0.25) is 0 Å². The van der Waals surface area contributed by atoms with Crippen LogP contribution in [0.15, 0.2) is 9.59 Å². The number of H-pyrrole nitrogens is 2. The fourth-order valence-corrected chi connectivity index (χ4v) is 5.68. The van der Waals surface area contributed by atoms with Crippen molar-refractivity contribution in [1.29, 1.82) is 0 Å². The first-order valence-corrected chi connectivity index (χ1v) is 12.0. The maximum atomic E-state index is 12.8. The van der Waals surface area contributed by atoms with E-state index in [0.29, 0.717) is 0 Å². The molecule has 0 bridgehead atoms. The van der Waals surface area contributed by atoms with Crippen molar-refractivity contribution in [1.82, 2.24) is 19.5 Å². The molecule has 0 amide bonds. The fourth-order valence-electron chi connectivity index (χ4n) is 3.97. The summed E-state index contributed by atoms with van der Waals surface area (Å²) in [6.45, 7) is 6.05. The Morgan fingerprint density at radius 1 is 1.21 bits per heavy atom. The number of aromatic amines is 2. The minimum Gasteiger partial charge on any atom is -0.388 e. The van der Waals surface area contributed by atoms with Crippen molar-refractivity contribution in [3.05, 3.63) is 20.8 Å². The Morgan fingerprint density at radius 2 is 1.82 bits per heavy atom. The normalized spacial score (nSPS) is 26.1. The second-order valence-corrected chi connectivity index (χ2v) is 10.8. The molecule has 2 unspecified atom stereocenters. The van der Waals surface area contributed by atoms with Gasteiger partial charge in [0, 0.05) is 6.42 Å². The van der Waals surface area contributed by atoms with Crippen molar-refractivity contribution < 1.29 is 34.0 Å². The number of hydrogen-bond donors (Lipinski definition) is 7. The number of fused-ring (bicyclic) bond motifs is 1. The summed E-state index contributed by atoms with van der Waals surface area (Å²) in [6.07, 6.45) is -5.89. The Balaban J connectivity index is 1.88. The molecule has 2 aromatic rings. The SMILES string of the molecule is CCC(O)(CC)P(=O)(O)OC(C)(C)CC1O[C@@H](n2c(=O)[nH]c3c(=O)[nH]c(N)nc32)[C@H](O)[C@@H]1O. The Morgan fingerprint density at radius 3 is 2.39 bits per heavy atom. The Kier molecular flexibility index (Phi) is 6.68. The quantitative estimate of drug-likeness (QED) is 0.233. The molecule has 15 heteroatoms. The van der Waals surface area contributed by atoms with E-state index in [1.54, 1.807) is 13.8 Å². The topological polar surface area (TPSA) is 226 Å². The predicted molar refractivity (Wildman–Crippen MR) is 116 cm³/mol. The van der Waals surface area contributed by atoms with Crippen molar-refractivity contribution in [3.63, 3.8) is 0 Å². The smallest absolute Gasteiger partial charge is 0.359 e. The number of nitrogens with two attached hydrogens (primary N) is 1. The fraction of sp³-hybridized carbons (Fsp3) is 0.722. The highest BCUT2D eigenvalue weighted by molar-refractivity contribution is 7.54. The van der Waals surface area contributed by atoms with Crippen molar-refractivity contribution in [2.24, 2.45) is 0 Å². The predicted octanol–water partition coefficient (Wildman–Crippen LogP) is -0.506. The van der Waals surface area contributed by atoms with Crippen LogP contribution >= 0.6 is 7.60 Å². The monoisotopic (exact) mass is 491 g/mol. The highest BCUT2D eigenvalue weighted by Gasteiger charge is 2.51. The number of ether oxygens (including phenoxy) is 1. The van der Waals surface area contributed by atoms with Crippen molar-refractivity contribution in [3.8, 4) is 0 Å². The number of aliphatic hydroxyl groups is 3. The van der Waals surface area contributed by atoms with Crippen LogP contribution < -0.4 is 17.0 Å². The van der Waals surface area contributed by atoms with Crippen LogP contribution in [0.3, 0.4) is 0 Å². The summed E-state index contributed by atoms with van der Waals surface area (Å²) in [5, 5.41) is 29.7. The highest BCUT2D eigenvalue weighted by Crippen LogP contribution is 2.60. The summed E-state index contributed by atoms with van der Waals surface area (Å²) < 4.78 is 24.8. The first kappa shape index (κ1) is 25.6. The summed E-state index contributed by atoms with van der Waals surface area (Å²) in [7, 11) is -4.51. The van der Waals surface area contributed by atoms with Crippen LogP contribution in [0.1, 0.15) is 53.2 Å². The molecule has 1 aliphatic rings. The van der Waals surface area contributed by atoms with Crippen molar-refractivity contribution in [2.75, 3.05) is 5.73 Å². The summed E-state index contributed by atoms with van der Waals surface area (Å²) in [5.74, 6) is -0.266. The number of imidazole rings is 1. The Labute approximate surface area is 187 Å². The lowest BCUT2D eigenvalue weighted by Gasteiger charge is -2.37. The minimum atomic E-state index is -4.51. The van der Waals surface area contributed by atoms with E-state index in [1.807, 2.05) is 0 Å². The molecule has 0 aromatic carbocycles. The molecule has 14 nitrogen and oxygen atoms in total. The van der Waals surface area contributed by atoms with E-state index in [1.165, 1.54) is 13.8 Å². The number of nitrogens with zero attached hydrogens (tertiary/aromatic N) is 2. The van der Waals surface area contributed by atoms with E-state index in [2.05, 4.69) is 15.0 Å². The molecule has 0 radical (unpaired) electrons. The van der Waals surface area contributed by atoms with Gasteiger partial charge >= 0.3 is 13.3 Å². The molecule has 1 fully saturated rings. The highest BCUT2D eigenvalue weighted by atomic mass is 31.2. The molecule has 1 aliphatic heterocycles. The third-order valence-electron chi connectivity index (χ3n) is 5.91. The molecule has 0 saturated carbocycles. The van der Waals surface area contributed by atoms with Crippen LogP contribution in [0, 0.1) is 0 Å². The van der Waals surface area contributed by atoms with Gasteiger partial charge in [0.1, 0.15) is 12.2 Å². The van der Waals surface area contributed by atoms with Gasteiger partial charge in [-0.1, -0.05) is 13.8 Å². The van der Waals surface area contributed by atoms with E-state index >= 15 is 0 Å². The minimum absolute atomic E-state index is 0.0184. The number of aliphatic hydroxyl groups excluding tert-OH is 2. The summed E-state index contributed by atoms with van der Waals surface area (Å²) in [5.41, 5.74) is 2.28. The summed E-state index contributed by atoms with van der Waals surface area (Å²) in [6, 6.07) is 0. The van der Waals surface area contributed by atoms with Gasteiger partial charge < -0.3 is 35.2 Å². The third-order valence-corrected chi connectivity index (χ3v) is 8.34. The number of rotatable bonds is 8. The average molecular weight is 491 g/mol. The number of hydrogen-bond acceptors (Lipinski definition) is 10. The van der Waals surface area contributed by atoms with E-state index < -0.39 is 54.3 Å². The van der Waals surface area contributed by atoms with Gasteiger partial charge in [-0.15, -0.1) is 0 Å². The van der Waals surface area contributed by atoms with E-state index in [0.717, 1.165) is 4.57 Å². The molecule has 3 heterocycles. The summed E-state index contributed by atoms with van der Waals surface area (Å²) in [4.78, 5) is 43.4. The van der Waals surface area contributed by atoms with Crippen LogP contribution in [-0.2, 0) is 13.8 Å². The van der Waals surface area contributed by atoms with E-state index in [-0.39, 0.29) is 36.4 Å². The second-order valence-electron chi connectivity index (χ2n) is 8.76. The molecule has 33 heavy (non-hydrogen) atoms. The van der Waals surface area contributed by atoms with E-state index in [9.17, 15) is 34.4 Å². The van der Waals surface area contributed by atoms with Crippen LogP contribution in [-0.4, -0.2) is 69.0 Å². The van der Waals surface area contributed by atoms with Crippen molar-refractivity contribution in [2.45, 2.75) is 82.4 Å². The lowest BCUT2D eigenvalue weighted by Crippen LogP contribution is -2.39. The molecular formula is C18H30N5O9P. The van der Waals surface area contributed by atoms with Gasteiger partial charge in [-0.05, 0) is 26.7 Å². The second kappa shape index (κ2) is 8.62. The molecule has 3 rings (SSSR count). The van der Waals surface area contributed by atoms with Gasteiger partial charge in [0.2, 0.25) is 5.95 Å². The van der Waals surface area contributed by atoms with Crippen LogP contribution in [0.25, 0.3) is 11.2 Å². The Bertz CT molecular complexity index is 1180. The molecule has 8 N–H and O–H groups in total. The molecular weight excluding hydrogens is 461 g/mol. The average Bonchev–Trinajstić information content (AvgIpc) is 3.16. The van der Waals surface area contributed by atoms with Crippen LogP contribution in [0.5, 0.6) is 0 Å². The number of nitrogens with one attached hydrogen (secondary N) is 2. The molecule has 2 aromatic heterocycles. The number of nitrogen functional groups attached to an aromatic ring is 1. The lowest BCUT2D eigenvalue weighted by molar-refractivity contribution is -0.0651. The van der Waals surface area contributed by atoms with Gasteiger partial charge in [0.15, 0.2) is 22.7 Å².